The van der Waals surface area contributed by atoms with Gasteiger partial charge in [-0.25, -0.2) is 0 Å². The molecule has 0 rings (SSSR count). The van der Waals surface area contributed by atoms with Crippen LogP contribution in [0.3, 0.4) is 0 Å². The van der Waals surface area contributed by atoms with Crippen LogP contribution < -0.4 is 0 Å². The zero-order valence-corrected chi connectivity index (χ0v) is 8.00. The fraction of sp³-hybridized carbons (Fsp3) is 0.778. The average molecular weight is 171 g/mol. The van der Waals surface area contributed by atoms with Crippen LogP contribution in [0.1, 0.15) is 33.6 Å². The molecule has 0 aliphatic carbocycles. The van der Waals surface area contributed by atoms with Gasteiger partial charge in [-0.2, -0.15) is 0 Å². The number of rotatable bonds is 5. The van der Waals surface area contributed by atoms with Crippen molar-refractivity contribution >= 4 is 11.7 Å². The monoisotopic (exact) mass is 171 g/mol. The van der Waals surface area contributed by atoms with E-state index in [0.29, 0.717) is 6.42 Å². The van der Waals surface area contributed by atoms with Crippen molar-refractivity contribution < 1.29 is 9.90 Å². The number of carbonyl (C=O) groups is 1. The van der Waals surface area contributed by atoms with Gasteiger partial charge in [-0.1, -0.05) is 6.92 Å². The number of hydrogen-bond donors (Lipinski definition) is 1. The maximum atomic E-state index is 10.4. The van der Waals surface area contributed by atoms with Crippen LogP contribution in [0.25, 0.3) is 0 Å². The molecule has 12 heavy (non-hydrogen) atoms. The summed E-state index contributed by atoms with van der Waals surface area (Å²) in [6.45, 7) is 6.37. The highest BCUT2D eigenvalue weighted by Gasteiger charge is 2.08. The van der Waals surface area contributed by atoms with Crippen molar-refractivity contribution in [3.8, 4) is 0 Å². The second kappa shape index (κ2) is 5.75. The summed E-state index contributed by atoms with van der Waals surface area (Å²) in [5.41, 5.74) is 1.05. The van der Waals surface area contributed by atoms with Crippen LogP contribution in [-0.4, -0.2) is 23.3 Å². The highest BCUT2D eigenvalue weighted by Crippen LogP contribution is 2.05. The molecule has 0 fully saturated rings. The molecule has 0 saturated carbocycles. The minimum Gasteiger partial charge on any atom is -0.481 e. The second-order valence-electron chi connectivity index (χ2n) is 3.21. The summed E-state index contributed by atoms with van der Waals surface area (Å²) in [7, 11) is 0. The summed E-state index contributed by atoms with van der Waals surface area (Å²) < 4.78 is 0. The Labute approximate surface area is 73.5 Å². The predicted octanol–water partition coefficient (Wildman–Crippen LogP) is 1.97. The van der Waals surface area contributed by atoms with Crippen molar-refractivity contribution in [2.75, 3.05) is 6.54 Å². The number of carboxylic acid groups (broad SMARTS) is 1. The van der Waals surface area contributed by atoms with Crippen LogP contribution in [0, 0.1) is 5.92 Å². The normalized spacial score (nSPS) is 12.2. The number of aliphatic carboxylic acids is 1. The van der Waals surface area contributed by atoms with Crippen molar-refractivity contribution in [2.24, 2.45) is 10.9 Å². The van der Waals surface area contributed by atoms with Crippen LogP contribution in [0.4, 0.5) is 0 Å². The summed E-state index contributed by atoms with van der Waals surface area (Å²) in [6.07, 6.45) is 1.57. The number of hydrogen-bond acceptors (Lipinski definition) is 2. The summed E-state index contributed by atoms with van der Waals surface area (Å²) in [4.78, 5) is 14.6. The van der Waals surface area contributed by atoms with E-state index in [-0.39, 0.29) is 5.92 Å². The fourth-order valence-electron chi connectivity index (χ4n) is 0.824. The molecule has 1 N–H and O–H groups in total. The van der Waals surface area contributed by atoms with Crippen LogP contribution in [0.2, 0.25) is 0 Å². The van der Waals surface area contributed by atoms with Crippen molar-refractivity contribution in [3.63, 3.8) is 0 Å². The number of aliphatic imine (C=N–C) groups is 1. The lowest BCUT2D eigenvalue weighted by atomic mass is 10.1. The van der Waals surface area contributed by atoms with Gasteiger partial charge in [0.25, 0.3) is 0 Å². The molecule has 0 aromatic carbocycles. The molecule has 0 aliphatic rings. The van der Waals surface area contributed by atoms with E-state index in [0.717, 1.165) is 18.7 Å². The first-order valence-electron chi connectivity index (χ1n) is 4.24. The predicted molar refractivity (Wildman–Crippen MR) is 49.7 cm³/mol. The smallest absolute Gasteiger partial charge is 0.306 e. The Morgan fingerprint density at radius 3 is 2.50 bits per heavy atom. The Morgan fingerprint density at radius 1 is 1.50 bits per heavy atom. The summed E-state index contributed by atoms with van der Waals surface area (Å²) >= 11 is 0. The molecule has 3 nitrogen and oxygen atoms in total. The first-order valence-corrected chi connectivity index (χ1v) is 4.24. The quantitative estimate of drug-likeness (QED) is 0.508. The molecular formula is C9H17NO2. The maximum absolute atomic E-state index is 10.4. The maximum Gasteiger partial charge on any atom is 0.306 e. The van der Waals surface area contributed by atoms with Crippen molar-refractivity contribution in [1.82, 2.24) is 0 Å². The fourth-order valence-corrected chi connectivity index (χ4v) is 0.824. The highest BCUT2D eigenvalue weighted by atomic mass is 16.4. The largest absolute Gasteiger partial charge is 0.481 e. The third-order valence-electron chi connectivity index (χ3n) is 1.64. The third kappa shape index (κ3) is 5.89. The third-order valence-corrected chi connectivity index (χ3v) is 1.64. The minimum absolute atomic E-state index is 0.239. The van der Waals surface area contributed by atoms with Gasteiger partial charge >= 0.3 is 5.97 Å². The Bertz CT molecular complexity index is 171. The summed E-state index contributed by atoms with van der Waals surface area (Å²) in [5.74, 6) is -0.954. The zero-order valence-electron chi connectivity index (χ0n) is 8.00. The molecule has 0 heterocycles. The van der Waals surface area contributed by atoms with Gasteiger partial charge in [0.15, 0.2) is 0 Å². The van der Waals surface area contributed by atoms with E-state index >= 15 is 0 Å². The first kappa shape index (κ1) is 11.1. The van der Waals surface area contributed by atoms with Gasteiger partial charge in [0.1, 0.15) is 0 Å². The van der Waals surface area contributed by atoms with Gasteiger partial charge < -0.3 is 5.11 Å². The van der Waals surface area contributed by atoms with Gasteiger partial charge in [0, 0.05) is 12.3 Å². The van der Waals surface area contributed by atoms with Crippen molar-refractivity contribution in [3.05, 3.63) is 0 Å². The summed E-state index contributed by atoms with van der Waals surface area (Å²) in [5, 5.41) is 8.55. The van der Waals surface area contributed by atoms with Crippen LogP contribution >= 0.6 is 0 Å². The molecule has 0 bridgehead atoms. The van der Waals surface area contributed by atoms with Crippen molar-refractivity contribution in [1.29, 1.82) is 0 Å². The van der Waals surface area contributed by atoms with Gasteiger partial charge in [-0.15, -0.1) is 0 Å². The topological polar surface area (TPSA) is 49.7 Å². The zero-order chi connectivity index (χ0) is 9.56. The van der Waals surface area contributed by atoms with Gasteiger partial charge in [0.05, 0.1) is 5.92 Å². The molecule has 0 aliphatic heterocycles. The van der Waals surface area contributed by atoms with Gasteiger partial charge in [-0.3, -0.25) is 9.79 Å². The second-order valence-corrected chi connectivity index (χ2v) is 3.21. The average Bonchev–Trinajstić information content (AvgIpc) is 1.97. The molecule has 0 radical (unpaired) electrons. The standard InChI is InChI=1S/C9H17NO2/c1-7(2)10-6-4-5-8(3)9(11)12/h8H,4-6H2,1-3H3,(H,11,12)/t8-/m1/s1. The Balaban J connectivity index is 3.44. The molecule has 0 unspecified atom stereocenters. The SMILES string of the molecule is CC(C)=NCCC[C@@H](C)C(=O)O. The molecule has 0 aromatic rings. The molecular weight excluding hydrogens is 154 g/mol. The van der Waals surface area contributed by atoms with E-state index in [1.54, 1.807) is 6.92 Å². The lowest BCUT2D eigenvalue weighted by molar-refractivity contribution is -0.141. The number of carboxylic acids is 1. The Hall–Kier alpha value is -0.860. The first-order chi connectivity index (χ1) is 5.54. The number of nitrogens with zero attached hydrogens (tertiary/aromatic N) is 1. The van der Waals surface area contributed by atoms with Crippen LogP contribution in [0.15, 0.2) is 4.99 Å². The molecule has 0 aromatic heterocycles. The minimum atomic E-state index is -0.716. The van der Waals surface area contributed by atoms with Crippen LogP contribution in [0.5, 0.6) is 0 Å². The highest BCUT2D eigenvalue weighted by molar-refractivity contribution is 5.79. The van der Waals surface area contributed by atoms with E-state index in [4.69, 9.17) is 5.11 Å². The van der Waals surface area contributed by atoms with Gasteiger partial charge in [-0.05, 0) is 26.7 Å². The summed E-state index contributed by atoms with van der Waals surface area (Å²) in [6, 6.07) is 0. The Morgan fingerprint density at radius 2 is 2.08 bits per heavy atom. The van der Waals surface area contributed by atoms with E-state index in [1.165, 1.54) is 0 Å². The van der Waals surface area contributed by atoms with E-state index in [2.05, 4.69) is 4.99 Å². The van der Waals surface area contributed by atoms with E-state index in [9.17, 15) is 4.79 Å². The van der Waals surface area contributed by atoms with Crippen LogP contribution in [-0.2, 0) is 4.79 Å². The van der Waals surface area contributed by atoms with Gasteiger partial charge in [0.2, 0.25) is 0 Å². The molecule has 70 valence electrons. The molecule has 3 heteroatoms. The molecule has 1 atom stereocenters. The van der Waals surface area contributed by atoms with E-state index in [1.807, 2.05) is 13.8 Å². The molecule has 0 amide bonds. The lowest BCUT2D eigenvalue weighted by Crippen LogP contribution is -2.09. The molecule has 0 saturated heterocycles. The Kier molecular flexibility index (Phi) is 5.34. The molecule has 0 spiro atoms. The van der Waals surface area contributed by atoms with Crippen molar-refractivity contribution in [2.45, 2.75) is 33.6 Å². The van der Waals surface area contributed by atoms with E-state index < -0.39 is 5.97 Å². The lowest BCUT2D eigenvalue weighted by Gasteiger charge is -2.03.